The maximum Gasteiger partial charge on any atom is 0.353 e. The van der Waals surface area contributed by atoms with Crippen LogP contribution in [0.4, 0.5) is 0 Å². The Morgan fingerprint density at radius 3 is 1.54 bits per heavy atom. The van der Waals surface area contributed by atoms with Crippen molar-refractivity contribution in [3.8, 4) is 0 Å². The normalized spacial score (nSPS) is 64.9. The van der Waals surface area contributed by atoms with Crippen molar-refractivity contribution >= 4 is 17.5 Å². The highest BCUT2D eigenvalue weighted by molar-refractivity contribution is 7.79. The Balaban J connectivity index is 1.38. The van der Waals surface area contributed by atoms with Crippen molar-refractivity contribution in [3.05, 3.63) is 0 Å². The molecule has 0 unspecified atom stereocenters. The molecule has 7 fully saturated rings. The first-order valence-corrected chi connectivity index (χ1v) is 11.0. The van der Waals surface area contributed by atoms with Crippen LogP contribution in [0.5, 0.6) is 0 Å². The van der Waals surface area contributed by atoms with Crippen molar-refractivity contribution in [2.75, 3.05) is 0 Å². The molecule has 0 aromatic heterocycles. The molecule has 2 nitrogen and oxygen atoms in total. The predicted octanol–water partition coefficient (Wildman–Crippen LogP) is 4.71. The summed E-state index contributed by atoms with van der Waals surface area (Å²) in [5.74, 6) is 7.15. The lowest BCUT2D eigenvalue weighted by molar-refractivity contribution is -0.106. The zero-order valence-electron chi connectivity index (χ0n) is 14.4. The van der Waals surface area contributed by atoms with Crippen LogP contribution in [0, 0.1) is 47.3 Å². The van der Waals surface area contributed by atoms with E-state index >= 15 is 0 Å². The van der Waals surface area contributed by atoms with E-state index in [4.69, 9.17) is 21.7 Å². The molecule has 2 spiro atoms. The SMILES string of the molecule is S=C1O[C@]2(C[C@@H]3CC[C@@H]4CC[C@@H]2[C@H]43)[C@@]2(C[C@@H]3CC[C@@H]4CC[C@H]2[C@H]43)O1. The molecule has 7 aliphatic rings. The van der Waals surface area contributed by atoms with Gasteiger partial charge in [0.05, 0.1) is 0 Å². The molecule has 0 bridgehead atoms. The third kappa shape index (κ3) is 1.29. The number of fused-ring (bicyclic) bond motifs is 3. The fourth-order valence-corrected chi connectivity index (χ4v) is 10.2. The van der Waals surface area contributed by atoms with Crippen LogP contribution in [0.25, 0.3) is 0 Å². The first-order chi connectivity index (χ1) is 11.7. The van der Waals surface area contributed by atoms with Crippen molar-refractivity contribution in [2.24, 2.45) is 47.3 Å². The van der Waals surface area contributed by atoms with Gasteiger partial charge in [0.1, 0.15) is 0 Å². The minimum absolute atomic E-state index is 0.0293. The second-order valence-electron chi connectivity index (χ2n) is 10.4. The highest BCUT2D eigenvalue weighted by atomic mass is 32.1. The molecule has 3 heteroatoms. The molecule has 0 aromatic carbocycles. The van der Waals surface area contributed by atoms with Crippen LogP contribution in [0.15, 0.2) is 0 Å². The summed E-state index contributed by atoms with van der Waals surface area (Å²) in [6, 6.07) is 0. The molecule has 7 rings (SSSR count). The van der Waals surface area contributed by atoms with Crippen LogP contribution in [-0.2, 0) is 9.47 Å². The maximum atomic E-state index is 6.64. The standard InChI is InChI=1S/C21H28O2S/c24-19-22-20(9-13-3-1-11-5-7-15(20)17(11)13)21(23-19)10-14-4-2-12-6-8-16(21)18(12)14/h11-18H,1-10H2/t11-,12-,13+,14+,15-,16+,17-,18-,20+,21+/m1/s1. The molecule has 0 N–H and O–H groups in total. The van der Waals surface area contributed by atoms with Crippen LogP contribution in [0.2, 0.25) is 0 Å². The summed E-state index contributed by atoms with van der Waals surface area (Å²) >= 11 is 5.59. The molecule has 6 saturated carbocycles. The lowest BCUT2D eigenvalue weighted by Gasteiger charge is -2.44. The van der Waals surface area contributed by atoms with Crippen molar-refractivity contribution in [1.82, 2.24) is 0 Å². The molecule has 24 heavy (non-hydrogen) atoms. The largest absolute Gasteiger partial charge is 0.446 e. The van der Waals surface area contributed by atoms with Gasteiger partial charge < -0.3 is 9.47 Å². The van der Waals surface area contributed by atoms with Gasteiger partial charge in [-0.15, -0.1) is 0 Å². The third-order valence-corrected chi connectivity index (χ3v) is 10.4. The average Bonchev–Trinajstić information content (AvgIpc) is 3.32. The van der Waals surface area contributed by atoms with Crippen LogP contribution >= 0.6 is 12.2 Å². The van der Waals surface area contributed by atoms with Crippen molar-refractivity contribution < 1.29 is 9.47 Å². The number of ether oxygens (including phenoxy) is 2. The van der Waals surface area contributed by atoms with E-state index in [1.54, 1.807) is 0 Å². The summed E-state index contributed by atoms with van der Waals surface area (Å²) in [6.07, 6.45) is 14.0. The quantitative estimate of drug-likeness (QED) is 0.593. The number of hydrogen-bond donors (Lipinski definition) is 0. The monoisotopic (exact) mass is 344 g/mol. The van der Waals surface area contributed by atoms with E-state index in [0.29, 0.717) is 5.24 Å². The Hall–Kier alpha value is -0.310. The molecule has 0 radical (unpaired) electrons. The Kier molecular flexibility index (Phi) is 2.40. The summed E-state index contributed by atoms with van der Waals surface area (Å²) < 4.78 is 13.3. The fraction of sp³-hybridized carbons (Fsp3) is 0.952. The minimum Gasteiger partial charge on any atom is -0.446 e. The molecule has 6 aliphatic carbocycles. The summed E-state index contributed by atoms with van der Waals surface area (Å²) in [5.41, 5.74) is -0.0586. The zero-order valence-corrected chi connectivity index (χ0v) is 15.2. The predicted molar refractivity (Wildman–Crippen MR) is 94.3 cm³/mol. The highest BCUT2D eigenvalue weighted by Crippen LogP contribution is 2.74. The Morgan fingerprint density at radius 1 is 0.625 bits per heavy atom. The number of rotatable bonds is 0. The molecule has 1 aliphatic heterocycles. The smallest absolute Gasteiger partial charge is 0.353 e. The van der Waals surface area contributed by atoms with Crippen molar-refractivity contribution in [3.63, 3.8) is 0 Å². The minimum atomic E-state index is -0.0293. The van der Waals surface area contributed by atoms with Crippen molar-refractivity contribution in [1.29, 1.82) is 0 Å². The summed E-state index contributed by atoms with van der Waals surface area (Å²) in [7, 11) is 0. The Morgan fingerprint density at radius 2 is 1.04 bits per heavy atom. The van der Waals surface area contributed by atoms with E-state index in [1.165, 1.54) is 64.2 Å². The Labute approximate surface area is 150 Å². The first-order valence-electron chi connectivity index (χ1n) is 10.6. The van der Waals surface area contributed by atoms with Gasteiger partial charge >= 0.3 is 5.24 Å². The summed E-state index contributed by atoms with van der Waals surface area (Å²) in [6.45, 7) is 0. The van der Waals surface area contributed by atoms with E-state index < -0.39 is 0 Å². The van der Waals surface area contributed by atoms with Gasteiger partial charge in [-0.2, -0.15) is 0 Å². The van der Waals surface area contributed by atoms with Crippen LogP contribution in [0.3, 0.4) is 0 Å². The lowest BCUT2D eigenvalue weighted by Crippen LogP contribution is -2.57. The summed E-state index contributed by atoms with van der Waals surface area (Å²) in [4.78, 5) is 0. The zero-order chi connectivity index (χ0) is 15.7. The van der Waals surface area contributed by atoms with Gasteiger partial charge in [0.15, 0.2) is 11.2 Å². The highest BCUT2D eigenvalue weighted by Gasteiger charge is 2.79. The molecule has 1 saturated heterocycles. The molecule has 0 aromatic rings. The van der Waals surface area contributed by atoms with E-state index in [0.717, 1.165) is 47.3 Å². The third-order valence-electron chi connectivity index (χ3n) is 10.2. The molecular formula is C21H28O2S. The van der Waals surface area contributed by atoms with E-state index in [-0.39, 0.29) is 11.2 Å². The van der Waals surface area contributed by atoms with E-state index in [2.05, 4.69) is 0 Å². The molecule has 1 heterocycles. The molecule has 10 atom stereocenters. The fourth-order valence-electron chi connectivity index (χ4n) is 9.90. The van der Waals surface area contributed by atoms with Gasteiger partial charge in [0.2, 0.25) is 0 Å². The van der Waals surface area contributed by atoms with Gasteiger partial charge in [-0.3, -0.25) is 0 Å². The molecular weight excluding hydrogens is 316 g/mol. The van der Waals surface area contributed by atoms with Crippen LogP contribution in [0.1, 0.15) is 64.2 Å². The topological polar surface area (TPSA) is 18.5 Å². The average molecular weight is 345 g/mol. The van der Waals surface area contributed by atoms with Gasteiger partial charge in [-0.05, 0) is 99.7 Å². The van der Waals surface area contributed by atoms with Crippen molar-refractivity contribution in [2.45, 2.75) is 75.4 Å². The molecule has 130 valence electrons. The second-order valence-corrected chi connectivity index (χ2v) is 10.7. The summed E-state index contributed by atoms with van der Waals surface area (Å²) in [5, 5.41) is 0.516. The first kappa shape index (κ1) is 13.8. The van der Waals surface area contributed by atoms with Gasteiger partial charge in [-0.1, -0.05) is 0 Å². The molecule has 0 amide bonds. The lowest BCUT2D eigenvalue weighted by atomic mass is 9.67. The van der Waals surface area contributed by atoms with E-state index in [1.807, 2.05) is 0 Å². The van der Waals surface area contributed by atoms with E-state index in [9.17, 15) is 0 Å². The second kappa shape index (κ2) is 4.15. The Bertz CT molecular complexity index is 581. The number of hydrogen-bond acceptors (Lipinski definition) is 3. The van der Waals surface area contributed by atoms with Gasteiger partial charge in [-0.25, -0.2) is 0 Å². The number of thiocarbonyl (C=S) groups is 1. The van der Waals surface area contributed by atoms with Crippen LogP contribution < -0.4 is 0 Å². The van der Waals surface area contributed by atoms with Gasteiger partial charge in [0.25, 0.3) is 0 Å². The van der Waals surface area contributed by atoms with Crippen LogP contribution in [-0.4, -0.2) is 16.4 Å². The van der Waals surface area contributed by atoms with Gasteiger partial charge in [0, 0.05) is 24.1 Å². The maximum absolute atomic E-state index is 6.64.